The molecule has 0 amide bonds. The molecule has 1 aliphatic heterocycles. The molecule has 0 aliphatic carbocycles. The van der Waals surface area contributed by atoms with Crippen LogP contribution in [0.3, 0.4) is 0 Å². The number of fused-ring (bicyclic) bond motifs is 1. The van der Waals surface area contributed by atoms with E-state index in [1.165, 1.54) is 12.1 Å². The van der Waals surface area contributed by atoms with Crippen LogP contribution in [0.1, 0.15) is 24.0 Å². The summed E-state index contributed by atoms with van der Waals surface area (Å²) in [5.41, 5.74) is 2.03. The van der Waals surface area contributed by atoms with E-state index in [-0.39, 0.29) is 0 Å². The average molecular weight is 363 g/mol. The van der Waals surface area contributed by atoms with E-state index in [4.69, 9.17) is 5.10 Å². The number of thiophene rings is 1. The molecule has 2 aromatic heterocycles. The van der Waals surface area contributed by atoms with Crippen molar-refractivity contribution in [3.63, 3.8) is 0 Å². The molecule has 4 rings (SSSR count). The maximum atomic E-state index is 12.8. The molecule has 0 atom stereocenters. The number of benzene rings is 1. The van der Waals surface area contributed by atoms with Crippen molar-refractivity contribution in [2.75, 3.05) is 11.9 Å². The third kappa shape index (κ3) is 3.04. The Hall–Kier alpha value is -2.28. The summed E-state index contributed by atoms with van der Waals surface area (Å²) in [5.74, 6) is 0.889. The van der Waals surface area contributed by atoms with E-state index >= 15 is 0 Å². The fourth-order valence-electron chi connectivity index (χ4n) is 3.09. The lowest BCUT2D eigenvalue weighted by atomic mass is 10.1. The summed E-state index contributed by atoms with van der Waals surface area (Å²) in [4.78, 5) is 1.07. The molecule has 130 valence electrons. The summed E-state index contributed by atoms with van der Waals surface area (Å²) in [7, 11) is 0. The Morgan fingerprint density at radius 2 is 1.88 bits per heavy atom. The number of aromatic nitrogens is 2. The van der Waals surface area contributed by atoms with E-state index in [1.54, 1.807) is 16.0 Å². The zero-order valence-electron chi connectivity index (χ0n) is 13.3. The van der Waals surface area contributed by atoms with Crippen molar-refractivity contribution in [2.45, 2.75) is 25.4 Å². The lowest BCUT2D eigenvalue weighted by Gasteiger charge is -2.11. The smallest absolute Gasteiger partial charge is 0.370 e. The molecule has 0 saturated carbocycles. The Morgan fingerprint density at radius 3 is 2.56 bits per heavy atom. The minimum absolute atomic E-state index is 0.626. The predicted molar refractivity (Wildman–Crippen MR) is 93.3 cm³/mol. The molecule has 3 aromatic rings. The van der Waals surface area contributed by atoms with E-state index in [2.05, 4.69) is 5.32 Å². The number of alkyl halides is 3. The van der Waals surface area contributed by atoms with Gasteiger partial charge in [-0.1, -0.05) is 6.07 Å². The van der Waals surface area contributed by atoms with Crippen molar-refractivity contribution in [2.24, 2.45) is 0 Å². The monoisotopic (exact) mass is 363 g/mol. The Kier molecular flexibility index (Phi) is 4.03. The summed E-state index contributed by atoms with van der Waals surface area (Å²) >= 11 is 1.62. The van der Waals surface area contributed by atoms with Crippen LogP contribution < -0.4 is 5.32 Å². The number of hydrogen-bond acceptors (Lipinski definition) is 3. The minimum Gasteiger partial charge on any atom is -0.370 e. The Bertz CT molecular complexity index is 864. The minimum atomic E-state index is -4.33. The van der Waals surface area contributed by atoms with Gasteiger partial charge in [-0.15, -0.1) is 11.3 Å². The topological polar surface area (TPSA) is 29.9 Å². The first-order valence-electron chi connectivity index (χ1n) is 8.11. The molecule has 1 N–H and O–H groups in total. The fraction of sp³-hybridized carbons (Fsp3) is 0.278. The quantitative estimate of drug-likeness (QED) is 0.663. The first kappa shape index (κ1) is 16.2. The van der Waals surface area contributed by atoms with Gasteiger partial charge in [-0.3, -0.25) is 0 Å². The average Bonchev–Trinajstić information content (AvgIpc) is 3.16. The van der Waals surface area contributed by atoms with Crippen LogP contribution in [0, 0.1) is 0 Å². The predicted octanol–water partition coefficient (Wildman–Crippen LogP) is 5.37. The van der Waals surface area contributed by atoms with Gasteiger partial charge in [-0.25, -0.2) is 4.68 Å². The van der Waals surface area contributed by atoms with E-state index in [0.29, 0.717) is 5.69 Å². The normalized spacial score (nSPS) is 14.7. The summed E-state index contributed by atoms with van der Waals surface area (Å²) in [6.07, 6.45) is -1.29. The summed E-state index contributed by atoms with van der Waals surface area (Å²) in [5, 5.41) is 10.1. The number of halogens is 3. The molecule has 1 aromatic carbocycles. The van der Waals surface area contributed by atoms with E-state index in [0.717, 1.165) is 59.9 Å². The second-order valence-electron chi connectivity index (χ2n) is 5.99. The number of nitrogens with one attached hydrogen (secondary N) is 1. The van der Waals surface area contributed by atoms with E-state index in [9.17, 15) is 13.2 Å². The van der Waals surface area contributed by atoms with Gasteiger partial charge in [0.2, 0.25) is 0 Å². The van der Waals surface area contributed by atoms with Gasteiger partial charge in [0.1, 0.15) is 11.5 Å². The molecular weight excluding hydrogens is 347 g/mol. The Balaban J connectivity index is 1.82. The summed E-state index contributed by atoms with van der Waals surface area (Å²) in [6, 6.07) is 9.15. The number of hydrogen-bond donors (Lipinski definition) is 1. The molecule has 3 heterocycles. The fourth-order valence-corrected chi connectivity index (χ4v) is 3.83. The van der Waals surface area contributed by atoms with Gasteiger partial charge in [0.05, 0.1) is 16.1 Å². The third-order valence-corrected chi connectivity index (χ3v) is 5.20. The summed E-state index contributed by atoms with van der Waals surface area (Å²) < 4.78 is 40.1. The van der Waals surface area contributed by atoms with Gasteiger partial charge in [-0.05, 0) is 55.0 Å². The first-order chi connectivity index (χ1) is 12.0. The molecule has 0 radical (unpaired) electrons. The standard InChI is InChI=1S/C18H16F3N3S/c19-18(20,21)12-6-8-13(9-7-12)24-17-14(4-1-2-10-22-17)16(23-24)15-5-3-11-25-15/h3,5-9,11,22H,1-2,4,10H2. The zero-order chi connectivity index (χ0) is 17.4. The molecular formula is C18H16F3N3S. The van der Waals surface area contributed by atoms with Crippen LogP contribution in [-0.4, -0.2) is 16.3 Å². The number of rotatable bonds is 2. The van der Waals surface area contributed by atoms with Gasteiger partial charge < -0.3 is 5.32 Å². The molecule has 1 aliphatic rings. The van der Waals surface area contributed by atoms with Gasteiger partial charge in [0.25, 0.3) is 0 Å². The first-order valence-corrected chi connectivity index (χ1v) is 8.99. The SMILES string of the molecule is FC(F)(F)c1ccc(-n2nc(-c3cccs3)c3c2NCCCC3)cc1. The highest BCUT2D eigenvalue weighted by Crippen LogP contribution is 2.36. The zero-order valence-corrected chi connectivity index (χ0v) is 14.1. The second kappa shape index (κ2) is 6.22. The van der Waals surface area contributed by atoms with Crippen molar-refractivity contribution in [1.82, 2.24) is 9.78 Å². The van der Waals surface area contributed by atoms with Gasteiger partial charge in [0, 0.05) is 12.1 Å². The van der Waals surface area contributed by atoms with Crippen LogP contribution in [0.15, 0.2) is 41.8 Å². The van der Waals surface area contributed by atoms with Crippen LogP contribution in [-0.2, 0) is 12.6 Å². The van der Waals surface area contributed by atoms with Crippen molar-refractivity contribution in [3.8, 4) is 16.3 Å². The second-order valence-corrected chi connectivity index (χ2v) is 6.94. The molecule has 0 bridgehead atoms. The van der Waals surface area contributed by atoms with Gasteiger partial charge in [0.15, 0.2) is 0 Å². The van der Waals surface area contributed by atoms with Crippen molar-refractivity contribution < 1.29 is 13.2 Å². The van der Waals surface area contributed by atoms with Crippen molar-refractivity contribution in [3.05, 3.63) is 52.9 Å². The maximum absolute atomic E-state index is 12.8. The lowest BCUT2D eigenvalue weighted by Crippen LogP contribution is -2.08. The lowest BCUT2D eigenvalue weighted by molar-refractivity contribution is -0.137. The summed E-state index contributed by atoms with van der Waals surface area (Å²) in [6.45, 7) is 0.837. The molecule has 0 unspecified atom stereocenters. The van der Waals surface area contributed by atoms with Crippen LogP contribution in [0.2, 0.25) is 0 Å². The Labute approximate surface area is 147 Å². The molecule has 0 spiro atoms. The molecule has 25 heavy (non-hydrogen) atoms. The molecule has 0 saturated heterocycles. The molecule has 0 fully saturated rings. The van der Waals surface area contributed by atoms with Crippen molar-refractivity contribution >= 4 is 17.2 Å². The number of nitrogens with zero attached hydrogens (tertiary/aromatic N) is 2. The maximum Gasteiger partial charge on any atom is 0.416 e. The highest BCUT2D eigenvalue weighted by Gasteiger charge is 2.30. The largest absolute Gasteiger partial charge is 0.416 e. The van der Waals surface area contributed by atoms with Crippen LogP contribution in [0.25, 0.3) is 16.3 Å². The van der Waals surface area contributed by atoms with Crippen LogP contribution >= 0.6 is 11.3 Å². The third-order valence-electron chi connectivity index (χ3n) is 4.32. The van der Waals surface area contributed by atoms with Crippen LogP contribution in [0.4, 0.5) is 19.0 Å². The highest BCUT2D eigenvalue weighted by atomic mass is 32.1. The molecule has 3 nitrogen and oxygen atoms in total. The van der Waals surface area contributed by atoms with E-state index in [1.807, 2.05) is 17.5 Å². The number of anilines is 1. The Morgan fingerprint density at radius 1 is 1.08 bits per heavy atom. The van der Waals surface area contributed by atoms with Crippen LogP contribution in [0.5, 0.6) is 0 Å². The van der Waals surface area contributed by atoms with Gasteiger partial charge >= 0.3 is 6.18 Å². The highest BCUT2D eigenvalue weighted by molar-refractivity contribution is 7.13. The molecule has 7 heteroatoms. The van der Waals surface area contributed by atoms with E-state index < -0.39 is 11.7 Å². The van der Waals surface area contributed by atoms with Gasteiger partial charge in [-0.2, -0.15) is 18.3 Å². The van der Waals surface area contributed by atoms with Crippen molar-refractivity contribution in [1.29, 1.82) is 0 Å².